The van der Waals surface area contributed by atoms with E-state index in [9.17, 15) is 0 Å². The molecule has 1 heterocycles. The van der Waals surface area contributed by atoms with E-state index in [0.717, 1.165) is 24.9 Å². The minimum absolute atomic E-state index is 0. The lowest BCUT2D eigenvalue weighted by molar-refractivity contribution is 0.501. The SMILES string of the molecule is CCNC(=NCc1nccn1Cc1ccccc1)NC(C)(C)C.I. The summed E-state index contributed by atoms with van der Waals surface area (Å²) >= 11 is 0. The van der Waals surface area contributed by atoms with Crippen molar-refractivity contribution in [3.63, 3.8) is 0 Å². The zero-order chi connectivity index (χ0) is 16.7. The normalized spacial score (nSPS) is 11.8. The fourth-order valence-electron chi connectivity index (χ4n) is 2.23. The molecule has 0 radical (unpaired) electrons. The molecule has 0 saturated heterocycles. The minimum Gasteiger partial charge on any atom is -0.357 e. The van der Waals surface area contributed by atoms with Gasteiger partial charge in [-0.2, -0.15) is 0 Å². The third-order valence-electron chi connectivity index (χ3n) is 3.21. The average molecular weight is 441 g/mol. The maximum atomic E-state index is 4.65. The summed E-state index contributed by atoms with van der Waals surface area (Å²) in [4.78, 5) is 9.10. The Labute approximate surface area is 162 Å². The Morgan fingerprint density at radius 2 is 1.92 bits per heavy atom. The molecular weight excluding hydrogens is 413 g/mol. The van der Waals surface area contributed by atoms with Gasteiger partial charge in [-0.25, -0.2) is 9.98 Å². The first-order chi connectivity index (χ1) is 11.0. The van der Waals surface area contributed by atoms with Crippen LogP contribution in [0.2, 0.25) is 0 Å². The van der Waals surface area contributed by atoms with Gasteiger partial charge >= 0.3 is 0 Å². The lowest BCUT2D eigenvalue weighted by Gasteiger charge is -2.23. The summed E-state index contributed by atoms with van der Waals surface area (Å²) in [5.41, 5.74) is 1.23. The second-order valence-electron chi connectivity index (χ2n) is 6.53. The Balaban J connectivity index is 0.00000288. The van der Waals surface area contributed by atoms with Gasteiger partial charge in [0.05, 0.1) is 0 Å². The standard InChI is InChI=1S/C18H27N5.HI/c1-5-19-17(22-18(2,3)4)21-13-16-20-11-12-23(16)14-15-9-7-6-8-10-15;/h6-12H,5,13-14H2,1-4H3,(H2,19,21,22);1H. The largest absolute Gasteiger partial charge is 0.357 e. The van der Waals surface area contributed by atoms with Gasteiger partial charge in [0.25, 0.3) is 0 Å². The molecule has 132 valence electrons. The predicted molar refractivity (Wildman–Crippen MR) is 111 cm³/mol. The number of aliphatic imine (C=N–C) groups is 1. The number of halogens is 1. The van der Waals surface area contributed by atoms with Crippen LogP contribution in [0.15, 0.2) is 47.7 Å². The maximum Gasteiger partial charge on any atom is 0.192 e. The zero-order valence-corrected chi connectivity index (χ0v) is 17.2. The smallest absolute Gasteiger partial charge is 0.192 e. The third-order valence-corrected chi connectivity index (χ3v) is 3.21. The molecule has 2 aromatic rings. The molecule has 5 nitrogen and oxygen atoms in total. The van der Waals surface area contributed by atoms with Crippen molar-refractivity contribution < 1.29 is 0 Å². The lowest BCUT2D eigenvalue weighted by atomic mass is 10.1. The molecule has 0 spiro atoms. The van der Waals surface area contributed by atoms with Gasteiger partial charge in [0.1, 0.15) is 12.4 Å². The Hall–Kier alpha value is -1.57. The highest BCUT2D eigenvalue weighted by Gasteiger charge is 2.12. The van der Waals surface area contributed by atoms with Crippen molar-refractivity contribution in [2.45, 2.75) is 46.3 Å². The van der Waals surface area contributed by atoms with Gasteiger partial charge in [0.2, 0.25) is 0 Å². The van der Waals surface area contributed by atoms with Crippen LogP contribution in [0.5, 0.6) is 0 Å². The number of benzene rings is 1. The molecule has 2 rings (SSSR count). The van der Waals surface area contributed by atoms with Crippen molar-refractivity contribution in [1.82, 2.24) is 20.2 Å². The van der Waals surface area contributed by atoms with E-state index in [1.54, 1.807) is 0 Å². The molecule has 1 aromatic heterocycles. The van der Waals surface area contributed by atoms with Crippen LogP contribution >= 0.6 is 24.0 Å². The molecule has 0 unspecified atom stereocenters. The van der Waals surface area contributed by atoms with Crippen LogP contribution in [0.4, 0.5) is 0 Å². The number of nitrogens with one attached hydrogen (secondary N) is 2. The van der Waals surface area contributed by atoms with Gasteiger partial charge in [-0.3, -0.25) is 0 Å². The molecule has 2 N–H and O–H groups in total. The van der Waals surface area contributed by atoms with Crippen LogP contribution in [-0.4, -0.2) is 27.6 Å². The van der Waals surface area contributed by atoms with Crippen molar-refractivity contribution in [3.05, 3.63) is 54.1 Å². The summed E-state index contributed by atoms with van der Waals surface area (Å²) in [5.74, 6) is 1.77. The molecule has 0 aliphatic carbocycles. The van der Waals surface area contributed by atoms with Crippen LogP contribution in [0.1, 0.15) is 39.1 Å². The molecule has 1 aromatic carbocycles. The van der Waals surface area contributed by atoms with E-state index in [4.69, 9.17) is 0 Å². The minimum atomic E-state index is -0.0273. The maximum absolute atomic E-state index is 4.65. The first-order valence-electron chi connectivity index (χ1n) is 8.08. The first-order valence-corrected chi connectivity index (χ1v) is 8.08. The Morgan fingerprint density at radius 3 is 2.54 bits per heavy atom. The average Bonchev–Trinajstić information content (AvgIpc) is 2.92. The summed E-state index contributed by atoms with van der Waals surface area (Å²) in [7, 11) is 0. The number of hydrogen-bond donors (Lipinski definition) is 2. The van der Waals surface area contributed by atoms with Gasteiger partial charge in [0, 0.05) is 31.0 Å². The molecule has 0 bridgehead atoms. The molecular formula is C18H28IN5. The van der Waals surface area contributed by atoms with Crippen molar-refractivity contribution >= 4 is 29.9 Å². The second kappa shape index (κ2) is 9.66. The Kier molecular flexibility index (Phi) is 8.24. The van der Waals surface area contributed by atoms with Gasteiger partial charge in [0.15, 0.2) is 5.96 Å². The highest BCUT2D eigenvalue weighted by atomic mass is 127. The van der Waals surface area contributed by atoms with Crippen LogP contribution in [-0.2, 0) is 13.1 Å². The predicted octanol–water partition coefficient (Wildman–Crippen LogP) is 3.40. The molecule has 0 aliphatic rings. The van der Waals surface area contributed by atoms with E-state index in [2.05, 4.69) is 77.1 Å². The van der Waals surface area contributed by atoms with Crippen molar-refractivity contribution in [2.75, 3.05) is 6.54 Å². The first kappa shape index (κ1) is 20.5. The molecule has 0 amide bonds. The number of imidazole rings is 1. The summed E-state index contributed by atoms with van der Waals surface area (Å²) in [5, 5.41) is 6.66. The van der Waals surface area contributed by atoms with E-state index in [-0.39, 0.29) is 29.5 Å². The Bertz CT molecular complexity index is 628. The number of rotatable bonds is 5. The van der Waals surface area contributed by atoms with Gasteiger partial charge < -0.3 is 15.2 Å². The topological polar surface area (TPSA) is 54.2 Å². The number of nitrogens with zero attached hydrogens (tertiary/aromatic N) is 3. The van der Waals surface area contributed by atoms with Crippen LogP contribution in [0, 0.1) is 0 Å². The summed E-state index contributed by atoms with van der Waals surface area (Å²) in [6, 6.07) is 10.4. The summed E-state index contributed by atoms with van der Waals surface area (Å²) in [6.45, 7) is 10.6. The molecule has 0 saturated carbocycles. The van der Waals surface area contributed by atoms with Crippen LogP contribution in [0.3, 0.4) is 0 Å². The van der Waals surface area contributed by atoms with E-state index in [0.29, 0.717) is 6.54 Å². The molecule has 0 fully saturated rings. The quantitative estimate of drug-likeness (QED) is 0.425. The van der Waals surface area contributed by atoms with Crippen molar-refractivity contribution in [2.24, 2.45) is 4.99 Å². The van der Waals surface area contributed by atoms with Gasteiger partial charge in [-0.1, -0.05) is 30.3 Å². The van der Waals surface area contributed by atoms with Crippen molar-refractivity contribution in [3.8, 4) is 0 Å². The highest BCUT2D eigenvalue weighted by Crippen LogP contribution is 2.07. The fraction of sp³-hybridized carbons (Fsp3) is 0.444. The van der Waals surface area contributed by atoms with E-state index >= 15 is 0 Å². The summed E-state index contributed by atoms with van der Waals surface area (Å²) in [6.07, 6.45) is 3.83. The molecule has 24 heavy (non-hydrogen) atoms. The monoisotopic (exact) mass is 441 g/mol. The fourth-order valence-corrected chi connectivity index (χ4v) is 2.23. The highest BCUT2D eigenvalue weighted by molar-refractivity contribution is 14.0. The van der Waals surface area contributed by atoms with Gasteiger partial charge in [-0.15, -0.1) is 24.0 Å². The molecule has 0 atom stereocenters. The lowest BCUT2D eigenvalue weighted by Crippen LogP contribution is -2.47. The number of hydrogen-bond acceptors (Lipinski definition) is 2. The molecule has 0 aliphatic heterocycles. The summed E-state index contributed by atoms with van der Waals surface area (Å²) < 4.78 is 2.14. The van der Waals surface area contributed by atoms with Crippen LogP contribution < -0.4 is 10.6 Å². The van der Waals surface area contributed by atoms with E-state index < -0.39 is 0 Å². The van der Waals surface area contributed by atoms with Gasteiger partial charge in [-0.05, 0) is 33.3 Å². The number of guanidine groups is 1. The third kappa shape index (κ3) is 6.90. The van der Waals surface area contributed by atoms with E-state index in [1.165, 1.54) is 5.56 Å². The van der Waals surface area contributed by atoms with Crippen molar-refractivity contribution in [1.29, 1.82) is 0 Å². The van der Waals surface area contributed by atoms with E-state index in [1.807, 2.05) is 18.5 Å². The number of aromatic nitrogens is 2. The second-order valence-corrected chi connectivity index (χ2v) is 6.53. The van der Waals surface area contributed by atoms with Crippen LogP contribution in [0.25, 0.3) is 0 Å². The zero-order valence-electron chi connectivity index (χ0n) is 14.9. The molecule has 6 heteroatoms. The Morgan fingerprint density at radius 1 is 1.21 bits per heavy atom.